The summed E-state index contributed by atoms with van der Waals surface area (Å²) in [5.41, 5.74) is 6.16. The monoisotopic (exact) mass is 267 g/mol. The average Bonchev–Trinajstić information content (AvgIpc) is 2.51. The van der Waals surface area contributed by atoms with E-state index in [0.717, 1.165) is 11.0 Å². The van der Waals surface area contributed by atoms with E-state index in [1.54, 1.807) is 13.8 Å². The molecule has 0 aliphatic rings. The first kappa shape index (κ1) is 13.9. The van der Waals surface area contributed by atoms with Crippen molar-refractivity contribution in [2.45, 2.75) is 13.8 Å². The maximum Gasteiger partial charge on any atom is 0.251 e. The predicted octanol–water partition coefficient (Wildman–Crippen LogP) is -0.292. The standard InChI is InChI=1S/C11H12N2O4S/c1-5-6(2)18-11(9(5)10(12)17)13-7(14)3-4-8(15)16/h3-4H,1-2H3,(H2,12,17)(H,13,14)(H,15,16)/p-1/b4-3+. The fourth-order valence-electron chi connectivity index (χ4n) is 1.31. The number of hydrogen-bond donors (Lipinski definition) is 2. The molecule has 0 atom stereocenters. The SMILES string of the molecule is Cc1sc(NC(=O)/C=C/C(=O)[O-])c(C(N)=O)c1C. The number of aryl methyl sites for hydroxylation is 1. The van der Waals surface area contributed by atoms with Crippen LogP contribution in [0.5, 0.6) is 0 Å². The molecule has 0 saturated carbocycles. The topological polar surface area (TPSA) is 112 Å². The van der Waals surface area contributed by atoms with Crippen LogP contribution in [-0.2, 0) is 9.59 Å². The van der Waals surface area contributed by atoms with Crippen LogP contribution in [0.2, 0.25) is 0 Å². The minimum atomic E-state index is -1.47. The first-order valence-corrected chi connectivity index (χ1v) is 5.74. The third-order valence-corrected chi connectivity index (χ3v) is 3.36. The first-order valence-electron chi connectivity index (χ1n) is 4.92. The number of rotatable bonds is 4. The Kier molecular flexibility index (Phi) is 4.22. The molecule has 6 nitrogen and oxygen atoms in total. The van der Waals surface area contributed by atoms with E-state index >= 15 is 0 Å². The van der Waals surface area contributed by atoms with Crippen LogP contribution in [0.1, 0.15) is 20.8 Å². The Morgan fingerprint density at radius 3 is 2.39 bits per heavy atom. The van der Waals surface area contributed by atoms with Crippen LogP contribution in [0, 0.1) is 13.8 Å². The fraction of sp³-hybridized carbons (Fsp3) is 0.182. The zero-order valence-corrected chi connectivity index (χ0v) is 10.6. The molecule has 0 unspecified atom stereocenters. The minimum Gasteiger partial charge on any atom is -0.545 e. The number of carboxylic acids is 1. The molecule has 1 rings (SSSR count). The number of carboxylic acid groups (broad SMARTS) is 1. The van der Waals surface area contributed by atoms with Gasteiger partial charge in [-0.05, 0) is 25.5 Å². The number of anilines is 1. The van der Waals surface area contributed by atoms with E-state index in [1.807, 2.05) is 0 Å². The molecular formula is C11H11N2O4S-. The van der Waals surface area contributed by atoms with Gasteiger partial charge in [0.05, 0.1) is 11.5 Å². The van der Waals surface area contributed by atoms with E-state index in [0.29, 0.717) is 16.6 Å². The highest BCUT2D eigenvalue weighted by atomic mass is 32.1. The molecule has 1 aromatic heterocycles. The van der Waals surface area contributed by atoms with Crippen LogP contribution in [0.15, 0.2) is 12.2 Å². The lowest BCUT2D eigenvalue weighted by molar-refractivity contribution is -0.297. The van der Waals surface area contributed by atoms with E-state index < -0.39 is 17.8 Å². The second-order valence-corrected chi connectivity index (χ2v) is 4.72. The van der Waals surface area contributed by atoms with E-state index in [4.69, 9.17) is 5.73 Å². The zero-order chi connectivity index (χ0) is 13.9. The van der Waals surface area contributed by atoms with Crippen LogP contribution < -0.4 is 16.2 Å². The summed E-state index contributed by atoms with van der Waals surface area (Å²) >= 11 is 1.20. The molecule has 0 spiro atoms. The number of hydrogen-bond acceptors (Lipinski definition) is 5. The number of thiophene rings is 1. The van der Waals surface area contributed by atoms with Crippen LogP contribution in [0.4, 0.5) is 5.00 Å². The van der Waals surface area contributed by atoms with Gasteiger partial charge in [-0.1, -0.05) is 0 Å². The second-order valence-electron chi connectivity index (χ2n) is 3.49. The van der Waals surface area contributed by atoms with Crippen molar-refractivity contribution in [3.63, 3.8) is 0 Å². The molecule has 3 N–H and O–H groups in total. The van der Waals surface area contributed by atoms with Gasteiger partial charge in [0.2, 0.25) is 5.91 Å². The van der Waals surface area contributed by atoms with Gasteiger partial charge in [-0.2, -0.15) is 0 Å². The van der Waals surface area contributed by atoms with Gasteiger partial charge in [-0.3, -0.25) is 9.59 Å². The number of amides is 2. The summed E-state index contributed by atoms with van der Waals surface area (Å²) in [5.74, 6) is -2.78. The highest BCUT2D eigenvalue weighted by molar-refractivity contribution is 7.16. The lowest BCUT2D eigenvalue weighted by atomic mass is 10.1. The van der Waals surface area contributed by atoms with Crippen LogP contribution in [0.3, 0.4) is 0 Å². The largest absolute Gasteiger partial charge is 0.545 e. The molecule has 7 heteroatoms. The van der Waals surface area contributed by atoms with E-state index in [1.165, 1.54) is 11.3 Å². The average molecular weight is 267 g/mol. The first-order chi connectivity index (χ1) is 8.32. The van der Waals surface area contributed by atoms with Crippen molar-refractivity contribution in [3.05, 3.63) is 28.2 Å². The van der Waals surface area contributed by atoms with Gasteiger partial charge in [0, 0.05) is 11.0 Å². The minimum absolute atomic E-state index is 0.243. The summed E-state index contributed by atoms with van der Waals surface area (Å²) in [6.07, 6.45) is 1.41. The number of aliphatic carboxylic acids is 1. The van der Waals surface area contributed by atoms with Crippen LogP contribution >= 0.6 is 11.3 Å². The molecule has 0 aliphatic heterocycles. The van der Waals surface area contributed by atoms with Crippen molar-refractivity contribution in [3.8, 4) is 0 Å². The summed E-state index contributed by atoms with van der Waals surface area (Å²) in [7, 11) is 0. The normalized spacial score (nSPS) is 10.6. The van der Waals surface area contributed by atoms with Gasteiger partial charge >= 0.3 is 0 Å². The number of nitrogens with two attached hydrogens (primary N) is 1. The van der Waals surface area contributed by atoms with Gasteiger partial charge in [-0.15, -0.1) is 11.3 Å². The third-order valence-electron chi connectivity index (χ3n) is 2.24. The smallest absolute Gasteiger partial charge is 0.251 e. The molecule has 1 heterocycles. The van der Waals surface area contributed by atoms with Gasteiger partial charge in [-0.25, -0.2) is 0 Å². The van der Waals surface area contributed by atoms with Crippen molar-refractivity contribution < 1.29 is 19.5 Å². The van der Waals surface area contributed by atoms with E-state index in [9.17, 15) is 19.5 Å². The Labute approximate surface area is 107 Å². The summed E-state index contributed by atoms with van der Waals surface area (Å²) < 4.78 is 0. The molecule has 0 saturated heterocycles. The molecule has 0 aliphatic carbocycles. The Balaban J connectivity index is 2.98. The summed E-state index contributed by atoms with van der Waals surface area (Å²) in [4.78, 5) is 33.6. The summed E-state index contributed by atoms with van der Waals surface area (Å²) in [6.45, 7) is 3.51. The van der Waals surface area contributed by atoms with Crippen molar-refractivity contribution in [1.29, 1.82) is 0 Å². The molecule has 0 radical (unpaired) electrons. The van der Waals surface area contributed by atoms with Crippen molar-refractivity contribution >= 4 is 34.1 Å². The van der Waals surface area contributed by atoms with Gasteiger partial charge in [0.1, 0.15) is 5.00 Å². The number of nitrogens with one attached hydrogen (secondary N) is 1. The molecule has 0 fully saturated rings. The molecule has 2 amide bonds. The molecular weight excluding hydrogens is 256 g/mol. The van der Waals surface area contributed by atoms with Crippen molar-refractivity contribution in [1.82, 2.24) is 0 Å². The molecule has 18 heavy (non-hydrogen) atoms. The van der Waals surface area contributed by atoms with E-state index in [2.05, 4.69) is 5.32 Å². The number of primary amides is 1. The Hall–Kier alpha value is -2.15. The van der Waals surface area contributed by atoms with Gasteiger partial charge in [0.15, 0.2) is 0 Å². The van der Waals surface area contributed by atoms with Gasteiger partial charge < -0.3 is 21.0 Å². The quantitative estimate of drug-likeness (QED) is 0.730. The summed E-state index contributed by atoms with van der Waals surface area (Å²) in [6, 6.07) is 0. The maximum atomic E-state index is 11.4. The maximum absolute atomic E-state index is 11.4. The number of carbonyl (C=O) groups is 3. The Morgan fingerprint density at radius 1 is 1.28 bits per heavy atom. The van der Waals surface area contributed by atoms with Gasteiger partial charge in [0.25, 0.3) is 5.91 Å². The lowest BCUT2D eigenvalue weighted by Crippen LogP contribution is -2.20. The summed E-state index contributed by atoms with van der Waals surface area (Å²) in [5, 5.41) is 12.9. The lowest BCUT2D eigenvalue weighted by Gasteiger charge is -2.02. The fourth-order valence-corrected chi connectivity index (χ4v) is 2.38. The molecule has 96 valence electrons. The number of carbonyl (C=O) groups excluding carboxylic acids is 3. The molecule has 0 bridgehead atoms. The predicted molar refractivity (Wildman–Crippen MR) is 65.1 cm³/mol. The Bertz CT molecular complexity index is 545. The second kappa shape index (κ2) is 5.46. The molecule has 1 aromatic rings. The van der Waals surface area contributed by atoms with Crippen LogP contribution in [-0.4, -0.2) is 17.8 Å². The highest BCUT2D eigenvalue weighted by Gasteiger charge is 2.18. The Morgan fingerprint density at radius 2 is 1.89 bits per heavy atom. The van der Waals surface area contributed by atoms with Crippen LogP contribution in [0.25, 0.3) is 0 Å². The van der Waals surface area contributed by atoms with E-state index in [-0.39, 0.29) is 5.56 Å². The van der Waals surface area contributed by atoms with Crippen molar-refractivity contribution in [2.24, 2.45) is 5.73 Å². The highest BCUT2D eigenvalue weighted by Crippen LogP contribution is 2.31. The van der Waals surface area contributed by atoms with Crippen molar-refractivity contribution in [2.75, 3.05) is 5.32 Å². The third kappa shape index (κ3) is 3.17. The molecule has 0 aromatic carbocycles. The zero-order valence-electron chi connectivity index (χ0n) is 9.77.